The van der Waals surface area contributed by atoms with Crippen LogP contribution in [-0.4, -0.2) is 14.1 Å². The molecule has 398 valence electrons. The number of nitrogens with zero attached hydrogens (tertiary/aromatic N) is 4. The van der Waals surface area contributed by atoms with Crippen LogP contribution < -0.4 is 9.30 Å². The summed E-state index contributed by atoms with van der Waals surface area (Å²) in [6.45, 7) is -30.4. The maximum atomic E-state index is 10.5. The van der Waals surface area contributed by atoms with Crippen molar-refractivity contribution >= 4 is 54.8 Å². The zero-order chi connectivity index (χ0) is 87.6. The predicted octanol–water partition coefficient (Wildman–Crippen LogP) is 19.2. The number of ether oxygens (including phenoxy) is 1. The normalized spacial score (nSPS) is 27.1. The van der Waals surface area contributed by atoms with Crippen LogP contribution in [0.2, 0.25) is 0 Å². The Morgan fingerprint density at radius 3 is 1.86 bits per heavy atom. The van der Waals surface area contributed by atoms with E-state index in [4.69, 9.17) is 47.0 Å². The Labute approximate surface area is 523 Å². The van der Waals surface area contributed by atoms with Crippen LogP contribution in [0.5, 0.6) is 11.5 Å². The van der Waals surface area contributed by atoms with Crippen LogP contribution in [0, 0.1) is 6.33 Å². The lowest BCUT2D eigenvalue weighted by molar-refractivity contribution is -0.571. The first-order chi connectivity index (χ1) is 53.8. The second kappa shape index (κ2) is 17.6. The molecule has 2 aliphatic carbocycles. The summed E-state index contributed by atoms with van der Waals surface area (Å²) in [5.41, 5.74) is -29.7. The number of imidazole rings is 1. The van der Waals surface area contributed by atoms with Crippen molar-refractivity contribution in [3.8, 4) is 50.9 Å². The number of fused-ring (bicyclic) bond motifs is 9. The van der Waals surface area contributed by atoms with Gasteiger partial charge in [-0.2, -0.15) is 0 Å². The van der Waals surface area contributed by atoms with E-state index < -0.39 is 188 Å². The molecule has 6 heteroatoms. The Kier molecular flexibility index (Phi) is 5.26. The summed E-state index contributed by atoms with van der Waals surface area (Å²) in [6, 6.07) is 24.7. The van der Waals surface area contributed by atoms with Crippen LogP contribution in [-0.2, 0) is 27.1 Å². The molecule has 2 aliphatic rings. The van der Waals surface area contributed by atoms with Gasteiger partial charge in [0, 0.05) is 77.7 Å². The molecule has 0 amide bonds. The SMILES string of the molecule is [2H]c1c([2H])c2c(c([2H])c1-c1cccc(-c3c([2H])c([2H])c4c(c3[2H])C(C([2H])([2H])[2H])(C([2H])([2H])[2H])C([2H])([2H])C([2H])([2H])C4(C([2H])([2H])[2H])C([2H])([2H])[2H])c1-[n+]1[c-]n(-c3cccc(Oc4ccc5c6ccccc6n(-c6cc(C(C)(C)C)ccn6)c5c4)c3)c3cc4c(cc31)oc1ccccc14)C(C([2H])([2H])[2H])(C([2H])([2H])[2H])C([2H])([2H])C([2H])([2H])C2(C([2H])([2H])[2H])C([2H])([2H])[2H]. The van der Waals surface area contributed by atoms with Gasteiger partial charge < -0.3 is 9.15 Å². The van der Waals surface area contributed by atoms with Crippen molar-refractivity contribution in [3.05, 3.63) is 210 Å². The minimum absolute atomic E-state index is 0.000663. The average molecular weight is 1090 g/mol. The van der Waals surface area contributed by atoms with E-state index in [0.717, 1.165) is 44.6 Å². The van der Waals surface area contributed by atoms with Gasteiger partial charge in [0.15, 0.2) is 0 Å². The minimum Gasteiger partial charge on any atom is -0.458 e. The fourth-order valence-electron chi connectivity index (χ4n) is 10.8. The van der Waals surface area contributed by atoms with Crippen LogP contribution >= 0.6 is 0 Å². The maximum absolute atomic E-state index is 10.5. The second-order valence-electron chi connectivity index (χ2n) is 21.2. The van der Waals surface area contributed by atoms with Crippen LogP contribution in [0.4, 0.5) is 0 Å². The quantitative estimate of drug-likeness (QED) is 0.118. The molecule has 0 bridgehead atoms. The Morgan fingerprint density at radius 2 is 1.19 bits per heavy atom. The summed E-state index contributed by atoms with van der Waals surface area (Å²) < 4.78 is 373. The number of hydrogen-bond donors (Lipinski definition) is 0. The molecule has 12 aromatic rings. The van der Waals surface area contributed by atoms with Gasteiger partial charge in [0.2, 0.25) is 0 Å². The fraction of sp³-hybridized carbons (Fsp3) is 0.270. The van der Waals surface area contributed by atoms with Crippen molar-refractivity contribution in [1.82, 2.24) is 14.1 Å². The standard InChI is InChI=1S/C74H70N4O2/c1-70(2,3)48-32-37-75-68(40-48)78-62-24-14-12-20-54(62)55-29-28-51(42-63(55)78)79-50-19-16-18-49(41-50)76-45-77(65-44-67-57(43-64(65)76)56-21-13-15-25-66(56)80-67)69-52(46-26-30-58-60(38-46)73(8,9)35-33-71(58,4)5)22-17-23-53(69)47-27-31-59-61(39-47)74(10,11)36-34-72(59,6)7/h12-32,37-44H,33-36H2,1-11H3/i4D3,5D3,6D3,7D3,8D3,9D3,10D3,11D3,26D,27D,30D,31D,33D2,34D2,35D2,36D2,38D,39D. The number of furan rings is 1. The molecule has 0 unspecified atom stereocenters. The van der Waals surface area contributed by atoms with E-state index >= 15 is 0 Å². The van der Waals surface area contributed by atoms with Gasteiger partial charge in [0.1, 0.15) is 28.5 Å². The van der Waals surface area contributed by atoms with Crippen molar-refractivity contribution in [2.45, 2.75) is 128 Å². The van der Waals surface area contributed by atoms with Crippen LogP contribution in [0.15, 0.2) is 180 Å². The molecule has 8 aromatic carbocycles. The van der Waals surface area contributed by atoms with E-state index in [1.165, 1.54) is 22.8 Å². The highest BCUT2D eigenvalue weighted by atomic mass is 16.5. The van der Waals surface area contributed by atoms with Crippen molar-refractivity contribution in [1.29, 1.82) is 0 Å². The van der Waals surface area contributed by atoms with Crippen LogP contribution in [0.3, 0.4) is 0 Å². The molecular formula is C74H70N4O2. The first-order valence-corrected chi connectivity index (χ1v) is 25.4. The van der Waals surface area contributed by atoms with Gasteiger partial charge in [0.05, 0.1) is 41.7 Å². The first kappa shape index (κ1) is 23.9. The molecular weight excluding hydrogens is 977 g/mol. The van der Waals surface area contributed by atoms with Crippen LogP contribution in [0.25, 0.3) is 94.2 Å². The number of para-hydroxylation sites is 3. The molecule has 0 fully saturated rings. The van der Waals surface area contributed by atoms with E-state index in [0.29, 0.717) is 22.1 Å². The third-order valence-electron chi connectivity index (χ3n) is 14.8. The molecule has 4 heterocycles. The lowest BCUT2D eigenvalue weighted by Gasteiger charge is -2.42. The highest BCUT2D eigenvalue weighted by molar-refractivity contribution is 6.10. The first-order valence-electron chi connectivity index (χ1n) is 44.4. The topological polar surface area (TPSA) is 49.0 Å². The lowest BCUT2D eigenvalue weighted by atomic mass is 9.62. The number of hydrogen-bond acceptors (Lipinski definition) is 3. The van der Waals surface area contributed by atoms with E-state index in [2.05, 4.69) is 27.1 Å². The molecule has 6 nitrogen and oxygen atoms in total. The van der Waals surface area contributed by atoms with Gasteiger partial charge >= 0.3 is 0 Å². The zero-order valence-electron chi connectivity index (χ0n) is 80.9. The van der Waals surface area contributed by atoms with Gasteiger partial charge in [-0.05, 0) is 169 Å². The Bertz CT molecular complexity index is 5970. The minimum atomic E-state index is -4.87. The average Bonchev–Trinajstić information content (AvgIpc) is 0.735. The molecule has 0 atom stereocenters. The molecule has 0 saturated carbocycles. The molecule has 0 saturated heterocycles. The van der Waals surface area contributed by atoms with Gasteiger partial charge in [-0.15, -0.1) is 0 Å². The van der Waals surface area contributed by atoms with E-state index in [9.17, 15) is 19.2 Å². The van der Waals surface area contributed by atoms with Crippen molar-refractivity contribution < 1.29 is 65.8 Å². The Balaban J connectivity index is 1.17. The molecule has 0 N–H and O–H groups in total. The highest BCUT2D eigenvalue weighted by Gasteiger charge is 2.39. The molecule has 0 radical (unpaired) electrons. The van der Waals surface area contributed by atoms with E-state index in [-0.39, 0.29) is 44.8 Å². The summed E-state index contributed by atoms with van der Waals surface area (Å²) in [5.74, 6) is 0.970. The highest BCUT2D eigenvalue weighted by Crippen LogP contribution is 2.50. The van der Waals surface area contributed by atoms with E-state index in [1.807, 2.05) is 47.0 Å². The number of rotatable bonds is 7. The Hall–Kier alpha value is -8.22. The predicted molar refractivity (Wildman–Crippen MR) is 330 cm³/mol. The van der Waals surface area contributed by atoms with Crippen molar-refractivity contribution in [2.75, 3.05) is 0 Å². The van der Waals surface area contributed by atoms with Crippen molar-refractivity contribution in [2.24, 2.45) is 0 Å². The molecule has 4 aromatic heterocycles. The van der Waals surface area contributed by atoms with E-state index in [1.54, 1.807) is 60.8 Å². The summed E-state index contributed by atoms with van der Waals surface area (Å²) in [4.78, 5) is 4.79. The third kappa shape index (κ3) is 8.03. The summed E-state index contributed by atoms with van der Waals surface area (Å²) in [7, 11) is 0. The van der Waals surface area contributed by atoms with Gasteiger partial charge in [0.25, 0.3) is 6.33 Å². The van der Waals surface area contributed by atoms with Gasteiger partial charge in [-0.25, -0.2) is 4.98 Å². The monoisotopic (exact) mass is 1080 g/mol. The third-order valence-corrected chi connectivity index (χ3v) is 14.8. The van der Waals surface area contributed by atoms with Gasteiger partial charge in [-0.3, -0.25) is 13.7 Å². The molecule has 0 aliphatic heterocycles. The Morgan fingerprint density at radius 1 is 0.575 bits per heavy atom. The summed E-state index contributed by atoms with van der Waals surface area (Å²) in [5, 5.41) is 2.51. The van der Waals surface area contributed by atoms with Gasteiger partial charge in [-0.1, -0.05) is 173 Å². The molecule has 14 rings (SSSR count). The largest absolute Gasteiger partial charge is 0.458 e. The molecule has 80 heavy (non-hydrogen) atoms. The zero-order valence-corrected chi connectivity index (χ0v) is 42.9. The smallest absolute Gasteiger partial charge is 0.269 e. The summed E-state index contributed by atoms with van der Waals surface area (Å²) in [6.07, 6.45) is -14.5. The second-order valence-corrected chi connectivity index (χ2v) is 21.2. The van der Waals surface area contributed by atoms with Crippen molar-refractivity contribution in [3.63, 3.8) is 0 Å². The number of benzene rings is 8. The van der Waals surface area contributed by atoms with Crippen LogP contribution in [0.1, 0.15) is 181 Å². The number of pyridine rings is 1. The maximum Gasteiger partial charge on any atom is 0.269 e. The fourth-order valence-corrected chi connectivity index (χ4v) is 10.8. The summed E-state index contributed by atoms with van der Waals surface area (Å²) >= 11 is 0. The number of aromatic nitrogens is 4. The molecule has 0 spiro atoms. The lowest BCUT2D eigenvalue weighted by Crippen LogP contribution is -2.34.